The van der Waals surface area contributed by atoms with Gasteiger partial charge in [0.15, 0.2) is 5.75 Å². The van der Waals surface area contributed by atoms with Crippen molar-refractivity contribution in [3.05, 3.63) is 51.0 Å². The molecular weight excluding hydrogens is 307 g/mol. The summed E-state index contributed by atoms with van der Waals surface area (Å²) < 4.78 is 5.59. The first-order valence-electron chi connectivity index (χ1n) is 5.39. The van der Waals surface area contributed by atoms with Gasteiger partial charge in [-0.05, 0) is 23.8 Å². The summed E-state index contributed by atoms with van der Waals surface area (Å²) in [6.45, 7) is 0.293. The molecule has 0 saturated carbocycles. The van der Waals surface area contributed by atoms with E-state index in [9.17, 15) is 0 Å². The van der Waals surface area contributed by atoms with Gasteiger partial charge >= 0.3 is 0 Å². The number of hydrogen-bond acceptors (Lipinski definition) is 3. The molecule has 0 atom stereocenters. The first-order chi connectivity index (χ1) is 8.99. The molecule has 0 unspecified atom stereocenters. The molecule has 0 aromatic heterocycles. The van der Waals surface area contributed by atoms with Gasteiger partial charge in [-0.2, -0.15) is 0 Å². The topological polar surface area (TPSA) is 61.3 Å². The van der Waals surface area contributed by atoms with Crippen LogP contribution in [0, 0.1) is 0 Å². The van der Waals surface area contributed by atoms with Crippen LogP contribution in [-0.4, -0.2) is 0 Å². The van der Waals surface area contributed by atoms with Gasteiger partial charge in [0, 0.05) is 5.02 Å². The van der Waals surface area contributed by atoms with E-state index < -0.39 is 0 Å². The maximum Gasteiger partial charge on any atom is 0.164 e. The second kappa shape index (κ2) is 5.78. The first kappa shape index (κ1) is 14.1. The Bertz CT molecular complexity index is 574. The van der Waals surface area contributed by atoms with Crippen LogP contribution in [0.2, 0.25) is 15.1 Å². The van der Waals surface area contributed by atoms with Crippen LogP contribution < -0.4 is 16.2 Å². The molecule has 0 spiro atoms. The lowest BCUT2D eigenvalue weighted by molar-refractivity contribution is 0.308. The molecule has 0 saturated heterocycles. The van der Waals surface area contributed by atoms with Crippen LogP contribution in [-0.2, 0) is 6.61 Å². The van der Waals surface area contributed by atoms with Gasteiger partial charge in [0.2, 0.25) is 0 Å². The number of halogens is 3. The van der Waals surface area contributed by atoms with E-state index in [0.29, 0.717) is 28.1 Å². The summed E-state index contributed by atoms with van der Waals surface area (Å²) in [4.78, 5) is 0. The van der Waals surface area contributed by atoms with Crippen LogP contribution in [0.3, 0.4) is 0 Å². The standard InChI is InChI=1S/C13H11Cl3N2O/c14-8-3-1-7(2-4-8)6-19-13-11(16)9(15)5-10(17)12(13)18/h1-5H,6,17-18H2. The number of rotatable bonds is 3. The highest BCUT2D eigenvalue weighted by Gasteiger charge is 2.14. The highest BCUT2D eigenvalue weighted by molar-refractivity contribution is 6.43. The zero-order valence-electron chi connectivity index (χ0n) is 9.79. The Balaban J connectivity index is 2.22. The maximum absolute atomic E-state index is 6.05. The van der Waals surface area contributed by atoms with Crippen molar-refractivity contribution in [3.8, 4) is 5.75 Å². The molecule has 0 aliphatic heterocycles. The van der Waals surface area contributed by atoms with Crippen LogP contribution >= 0.6 is 34.8 Å². The Morgan fingerprint density at radius 2 is 1.63 bits per heavy atom. The fourth-order valence-corrected chi connectivity index (χ4v) is 2.05. The van der Waals surface area contributed by atoms with Gasteiger partial charge < -0.3 is 16.2 Å². The van der Waals surface area contributed by atoms with Crippen LogP contribution in [0.4, 0.5) is 11.4 Å². The van der Waals surface area contributed by atoms with Gasteiger partial charge in [0.1, 0.15) is 11.6 Å². The van der Waals surface area contributed by atoms with E-state index in [1.165, 1.54) is 6.07 Å². The van der Waals surface area contributed by atoms with Gasteiger partial charge in [0.25, 0.3) is 0 Å². The number of nitrogens with two attached hydrogens (primary N) is 2. The van der Waals surface area contributed by atoms with E-state index in [4.69, 9.17) is 51.0 Å². The van der Waals surface area contributed by atoms with E-state index in [1.807, 2.05) is 12.1 Å². The monoisotopic (exact) mass is 316 g/mol. The summed E-state index contributed by atoms with van der Waals surface area (Å²) in [6.07, 6.45) is 0. The highest BCUT2D eigenvalue weighted by atomic mass is 35.5. The summed E-state index contributed by atoms with van der Waals surface area (Å²) in [7, 11) is 0. The van der Waals surface area contributed by atoms with Crippen molar-refractivity contribution in [2.45, 2.75) is 6.61 Å². The molecular formula is C13H11Cl3N2O. The van der Waals surface area contributed by atoms with Crippen molar-refractivity contribution >= 4 is 46.2 Å². The number of benzene rings is 2. The summed E-state index contributed by atoms with van der Waals surface area (Å²) >= 11 is 17.8. The minimum atomic E-state index is 0.252. The lowest BCUT2D eigenvalue weighted by atomic mass is 10.2. The second-order valence-corrected chi connectivity index (χ2v) is 5.14. The molecule has 0 radical (unpaired) electrons. The summed E-state index contributed by atoms with van der Waals surface area (Å²) in [6, 6.07) is 8.74. The Morgan fingerprint density at radius 3 is 2.26 bits per heavy atom. The first-order valence-corrected chi connectivity index (χ1v) is 6.52. The van der Waals surface area contributed by atoms with Crippen molar-refractivity contribution in [1.82, 2.24) is 0 Å². The summed E-state index contributed by atoms with van der Waals surface area (Å²) in [5.41, 5.74) is 13.1. The third-order valence-electron chi connectivity index (χ3n) is 2.54. The highest BCUT2D eigenvalue weighted by Crippen LogP contribution is 2.41. The van der Waals surface area contributed by atoms with Gasteiger partial charge in [-0.1, -0.05) is 46.9 Å². The van der Waals surface area contributed by atoms with E-state index in [-0.39, 0.29) is 10.7 Å². The van der Waals surface area contributed by atoms with Crippen molar-refractivity contribution in [3.63, 3.8) is 0 Å². The number of ether oxygens (including phenoxy) is 1. The molecule has 3 nitrogen and oxygen atoms in total. The number of hydrogen-bond donors (Lipinski definition) is 2. The van der Waals surface area contributed by atoms with Crippen molar-refractivity contribution in [2.24, 2.45) is 0 Å². The third kappa shape index (κ3) is 3.18. The van der Waals surface area contributed by atoms with Gasteiger partial charge in [-0.15, -0.1) is 0 Å². The molecule has 100 valence electrons. The fourth-order valence-electron chi connectivity index (χ4n) is 1.51. The molecule has 0 fully saturated rings. The third-order valence-corrected chi connectivity index (χ3v) is 3.57. The second-order valence-electron chi connectivity index (χ2n) is 3.92. The van der Waals surface area contributed by atoms with Gasteiger partial charge in [0.05, 0.1) is 16.4 Å². The molecule has 2 aromatic rings. The Labute approximate surface area is 126 Å². The van der Waals surface area contributed by atoms with E-state index in [0.717, 1.165) is 5.56 Å². The van der Waals surface area contributed by atoms with Crippen molar-refractivity contribution in [1.29, 1.82) is 0 Å². The van der Waals surface area contributed by atoms with Crippen LogP contribution in [0.5, 0.6) is 5.75 Å². The quantitative estimate of drug-likeness (QED) is 0.825. The fraction of sp³-hybridized carbons (Fsp3) is 0.0769. The van der Waals surface area contributed by atoms with Gasteiger partial charge in [-0.25, -0.2) is 0 Å². The molecule has 19 heavy (non-hydrogen) atoms. The van der Waals surface area contributed by atoms with Crippen LogP contribution in [0.25, 0.3) is 0 Å². The Kier molecular flexibility index (Phi) is 4.30. The smallest absolute Gasteiger partial charge is 0.164 e. The molecule has 2 rings (SSSR count). The van der Waals surface area contributed by atoms with Crippen LogP contribution in [0.1, 0.15) is 5.56 Å². The lowest BCUT2D eigenvalue weighted by Gasteiger charge is -2.13. The lowest BCUT2D eigenvalue weighted by Crippen LogP contribution is -2.02. The summed E-state index contributed by atoms with van der Waals surface area (Å²) in [5.74, 6) is 0.293. The SMILES string of the molecule is Nc1cc(Cl)c(Cl)c(OCc2ccc(Cl)cc2)c1N. The van der Waals surface area contributed by atoms with Crippen LogP contribution in [0.15, 0.2) is 30.3 Å². The molecule has 6 heteroatoms. The largest absolute Gasteiger partial charge is 0.485 e. The average Bonchev–Trinajstić information content (AvgIpc) is 2.38. The van der Waals surface area contributed by atoms with E-state index in [1.54, 1.807) is 12.1 Å². The predicted octanol–water partition coefficient (Wildman–Crippen LogP) is 4.39. The van der Waals surface area contributed by atoms with Crippen molar-refractivity contribution < 1.29 is 4.74 Å². The van der Waals surface area contributed by atoms with Crippen molar-refractivity contribution in [2.75, 3.05) is 11.5 Å². The van der Waals surface area contributed by atoms with E-state index in [2.05, 4.69) is 0 Å². The average molecular weight is 318 g/mol. The van der Waals surface area contributed by atoms with Gasteiger partial charge in [-0.3, -0.25) is 0 Å². The zero-order valence-corrected chi connectivity index (χ0v) is 12.1. The van der Waals surface area contributed by atoms with E-state index >= 15 is 0 Å². The molecule has 0 bridgehead atoms. The molecule has 0 aliphatic carbocycles. The normalized spacial score (nSPS) is 10.5. The zero-order chi connectivity index (χ0) is 14.0. The molecule has 0 aliphatic rings. The number of anilines is 2. The minimum absolute atomic E-state index is 0.252. The predicted molar refractivity (Wildman–Crippen MR) is 81.1 cm³/mol. The molecule has 4 N–H and O–H groups in total. The number of nitrogen functional groups attached to an aromatic ring is 2. The Hall–Kier alpha value is -1.29. The summed E-state index contributed by atoms with van der Waals surface area (Å²) in [5, 5.41) is 1.22. The molecule has 2 aromatic carbocycles. The molecule has 0 heterocycles. The maximum atomic E-state index is 6.05. The Morgan fingerprint density at radius 1 is 1.00 bits per heavy atom. The minimum Gasteiger partial charge on any atom is -0.485 e. The molecule has 0 amide bonds.